The van der Waals surface area contributed by atoms with E-state index in [-0.39, 0.29) is 11.3 Å². The van der Waals surface area contributed by atoms with Crippen LogP contribution in [-0.2, 0) is 4.74 Å². The van der Waals surface area contributed by atoms with Crippen LogP contribution in [0.25, 0.3) is 22.2 Å². The van der Waals surface area contributed by atoms with Crippen molar-refractivity contribution in [2.45, 2.75) is 20.0 Å². The number of Topliss-reactive ketones (excluding diaryl/α,β-unsaturated/α-hetero) is 1. The topological polar surface area (TPSA) is 65.5 Å². The summed E-state index contributed by atoms with van der Waals surface area (Å²) in [4.78, 5) is 30.6. The van der Waals surface area contributed by atoms with Crippen molar-refractivity contribution < 1.29 is 19.1 Å². The van der Waals surface area contributed by atoms with Crippen LogP contribution in [0.5, 0.6) is 5.75 Å². The molecule has 0 fully saturated rings. The number of methoxy groups -OCH3 is 1. The number of rotatable bonds is 6. The van der Waals surface area contributed by atoms with E-state index in [4.69, 9.17) is 21.1 Å². The maximum atomic E-state index is 13.2. The van der Waals surface area contributed by atoms with E-state index in [1.807, 2.05) is 43.3 Å². The molecule has 0 radical (unpaired) electrons. The lowest BCUT2D eigenvalue weighted by Gasteiger charge is -2.15. The van der Waals surface area contributed by atoms with Gasteiger partial charge in [0.1, 0.15) is 5.75 Å². The van der Waals surface area contributed by atoms with Crippen molar-refractivity contribution >= 4 is 34.3 Å². The average molecular weight is 460 g/mol. The number of fused-ring (bicyclic) bond motifs is 1. The normalized spacial score (nSPS) is 11.8. The maximum absolute atomic E-state index is 13.2. The summed E-state index contributed by atoms with van der Waals surface area (Å²) >= 11 is 6.19. The third-order valence-electron chi connectivity index (χ3n) is 5.37. The van der Waals surface area contributed by atoms with Crippen molar-refractivity contribution in [3.8, 4) is 17.0 Å². The van der Waals surface area contributed by atoms with Gasteiger partial charge in [-0.25, -0.2) is 9.78 Å². The number of ether oxygens (including phenoxy) is 2. The number of aryl methyl sites for hydroxylation is 1. The number of carbonyl (C=O) groups excluding carboxylic acids is 2. The van der Waals surface area contributed by atoms with Crippen molar-refractivity contribution in [3.05, 3.63) is 94.5 Å². The summed E-state index contributed by atoms with van der Waals surface area (Å²) in [7, 11) is 1.60. The van der Waals surface area contributed by atoms with E-state index in [9.17, 15) is 9.59 Å². The summed E-state index contributed by atoms with van der Waals surface area (Å²) in [6.45, 7) is 3.51. The first-order valence-corrected chi connectivity index (χ1v) is 10.8. The predicted octanol–water partition coefficient (Wildman–Crippen LogP) is 6.30. The zero-order valence-corrected chi connectivity index (χ0v) is 19.2. The van der Waals surface area contributed by atoms with Crippen LogP contribution in [0.15, 0.2) is 72.8 Å². The second kappa shape index (κ2) is 9.43. The van der Waals surface area contributed by atoms with Crippen LogP contribution in [-0.4, -0.2) is 30.0 Å². The van der Waals surface area contributed by atoms with Gasteiger partial charge < -0.3 is 9.47 Å². The summed E-state index contributed by atoms with van der Waals surface area (Å²) in [5.41, 5.74) is 3.82. The Kier molecular flexibility index (Phi) is 6.43. The van der Waals surface area contributed by atoms with Crippen molar-refractivity contribution in [1.82, 2.24) is 4.98 Å². The standard InChI is InChI=1S/C27H22ClNO4/c1-16-4-6-19(7-5-16)26(30)17(2)33-27(31)23-15-25(18-8-11-21(32-3)12-9-18)29-24-13-10-20(28)14-22(23)24/h4-15,17H,1-3H3/t17-/m1/s1. The molecule has 0 saturated heterocycles. The third-order valence-corrected chi connectivity index (χ3v) is 5.60. The Hall–Kier alpha value is -3.70. The molecular weight excluding hydrogens is 438 g/mol. The van der Waals surface area contributed by atoms with Crippen LogP contribution in [0.2, 0.25) is 5.02 Å². The highest BCUT2D eigenvalue weighted by molar-refractivity contribution is 6.31. The van der Waals surface area contributed by atoms with E-state index in [1.54, 1.807) is 50.4 Å². The quantitative estimate of drug-likeness (QED) is 0.250. The molecule has 0 spiro atoms. The van der Waals surface area contributed by atoms with Crippen LogP contribution in [0.1, 0.15) is 33.2 Å². The summed E-state index contributed by atoms with van der Waals surface area (Å²) in [5, 5.41) is 1.03. The molecule has 5 nitrogen and oxygen atoms in total. The first kappa shape index (κ1) is 22.5. The van der Waals surface area contributed by atoms with Gasteiger partial charge in [0.05, 0.1) is 23.9 Å². The van der Waals surface area contributed by atoms with E-state index >= 15 is 0 Å². The Balaban J connectivity index is 1.69. The van der Waals surface area contributed by atoms with Gasteiger partial charge in [-0.05, 0) is 62.4 Å². The number of carbonyl (C=O) groups is 2. The monoisotopic (exact) mass is 459 g/mol. The Morgan fingerprint density at radius 3 is 2.30 bits per heavy atom. The lowest BCUT2D eigenvalue weighted by molar-refractivity contribution is 0.0320. The van der Waals surface area contributed by atoms with Crippen molar-refractivity contribution in [2.24, 2.45) is 0 Å². The number of aromatic nitrogens is 1. The molecule has 0 N–H and O–H groups in total. The molecule has 0 saturated carbocycles. The summed E-state index contributed by atoms with van der Waals surface area (Å²) in [6, 6.07) is 21.3. The second-order valence-electron chi connectivity index (χ2n) is 7.72. The SMILES string of the molecule is COc1ccc(-c2cc(C(=O)O[C@H](C)C(=O)c3ccc(C)cc3)c3cc(Cl)ccc3n2)cc1. The molecule has 1 aromatic heterocycles. The van der Waals surface area contributed by atoms with Crippen LogP contribution in [0.4, 0.5) is 0 Å². The molecule has 3 aromatic carbocycles. The molecule has 1 atom stereocenters. The number of ketones is 1. The number of nitrogens with zero attached hydrogens (tertiary/aromatic N) is 1. The molecule has 0 amide bonds. The number of hydrogen-bond donors (Lipinski definition) is 0. The first-order chi connectivity index (χ1) is 15.9. The first-order valence-electron chi connectivity index (χ1n) is 10.4. The molecule has 33 heavy (non-hydrogen) atoms. The fourth-order valence-electron chi connectivity index (χ4n) is 3.51. The molecule has 4 rings (SSSR count). The summed E-state index contributed by atoms with van der Waals surface area (Å²) in [5.74, 6) is -0.170. The third kappa shape index (κ3) is 4.89. The molecule has 4 aromatic rings. The molecule has 0 aliphatic carbocycles. The molecule has 1 heterocycles. The second-order valence-corrected chi connectivity index (χ2v) is 8.16. The fraction of sp³-hybridized carbons (Fsp3) is 0.148. The van der Waals surface area contributed by atoms with Gasteiger partial charge in [0, 0.05) is 21.5 Å². The Labute approximate surface area is 196 Å². The molecule has 0 aliphatic rings. The lowest BCUT2D eigenvalue weighted by Crippen LogP contribution is -2.24. The van der Waals surface area contributed by atoms with Crippen LogP contribution >= 0.6 is 11.6 Å². The van der Waals surface area contributed by atoms with Crippen molar-refractivity contribution in [2.75, 3.05) is 7.11 Å². The molecule has 0 unspecified atom stereocenters. The molecule has 0 aliphatic heterocycles. The maximum Gasteiger partial charge on any atom is 0.339 e. The van der Waals surface area contributed by atoms with E-state index in [0.717, 1.165) is 16.9 Å². The number of esters is 1. The summed E-state index contributed by atoms with van der Waals surface area (Å²) in [6.07, 6.45) is -0.952. The van der Waals surface area contributed by atoms with Crippen molar-refractivity contribution in [1.29, 1.82) is 0 Å². The van der Waals surface area contributed by atoms with Crippen molar-refractivity contribution in [3.63, 3.8) is 0 Å². The number of halogens is 1. The molecular formula is C27H22ClNO4. The van der Waals surface area contributed by atoms with E-state index in [0.29, 0.717) is 27.2 Å². The minimum atomic E-state index is -0.952. The highest BCUT2D eigenvalue weighted by atomic mass is 35.5. The number of hydrogen-bond acceptors (Lipinski definition) is 5. The average Bonchev–Trinajstić information content (AvgIpc) is 2.83. The zero-order chi connectivity index (χ0) is 23.5. The zero-order valence-electron chi connectivity index (χ0n) is 18.5. The minimum absolute atomic E-state index is 0.268. The van der Waals surface area contributed by atoms with E-state index < -0.39 is 12.1 Å². The summed E-state index contributed by atoms with van der Waals surface area (Å²) < 4.78 is 10.8. The van der Waals surface area contributed by atoms with Crippen LogP contribution in [0, 0.1) is 6.92 Å². The predicted molar refractivity (Wildman–Crippen MR) is 129 cm³/mol. The van der Waals surface area contributed by atoms with Crippen LogP contribution in [0.3, 0.4) is 0 Å². The van der Waals surface area contributed by atoms with Gasteiger partial charge in [-0.1, -0.05) is 41.4 Å². The van der Waals surface area contributed by atoms with Gasteiger partial charge in [-0.2, -0.15) is 0 Å². The smallest absolute Gasteiger partial charge is 0.339 e. The Morgan fingerprint density at radius 2 is 1.64 bits per heavy atom. The van der Waals surface area contributed by atoms with Gasteiger partial charge in [0.2, 0.25) is 5.78 Å². The molecule has 166 valence electrons. The van der Waals surface area contributed by atoms with Gasteiger partial charge in [-0.15, -0.1) is 0 Å². The van der Waals surface area contributed by atoms with E-state index in [2.05, 4.69) is 4.98 Å². The largest absolute Gasteiger partial charge is 0.497 e. The van der Waals surface area contributed by atoms with Crippen LogP contribution < -0.4 is 4.74 Å². The number of benzene rings is 3. The Morgan fingerprint density at radius 1 is 0.939 bits per heavy atom. The van der Waals surface area contributed by atoms with Gasteiger partial charge in [0.15, 0.2) is 6.10 Å². The van der Waals surface area contributed by atoms with Gasteiger partial charge >= 0.3 is 5.97 Å². The fourth-order valence-corrected chi connectivity index (χ4v) is 3.68. The highest BCUT2D eigenvalue weighted by Crippen LogP contribution is 2.29. The Bertz CT molecular complexity index is 1330. The lowest BCUT2D eigenvalue weighted by atomic mass is 10.0. The minimum Gasteiger partial charge on any atom is -0.497 e. The van der Waals surface area contributed by atoms with E-state index in [1.165, 1.54) is 0 Å². The van der Waals surface area contributed by atoms with Gasteiger partial charge in [0.25, 0.3) is 0 Å². The van der Waals surface area contributed by atoms with Gasteiger partial charge in [-0.3, -0.25) is 4.79 Å². The molecule has 0 bridgehead atoms. The highest BCUT2D eigenvalue weighted by Gasteiger charge is 2.23. The number of pyridine rings is 1. The molecule has 6 heteroatoms.